The number of rotatable bonds is 5. The van der Waals surface area contributed by atoms with Crippen molar-refractivity contribution < 1.29 is 4.52 Å². The van der Waals surface area contributed by atoms with Gasteiger partial charge in [-0.05, 0) is 38.7 Å². The Bertz CT molecular complexity index is 653. The summed E-state index contributed by atoms with van der Waals surface area (Å²) in [5.74, 6) is 1.75. The van der Waals surface area contributed by atoms with Crippen LogP contribution in [-0.4, -0.2) is 10.9 Å². The van der Waals surface area contributed by atoms with E-state index in [9.17, 15) is 5.26 Å². The summed E-state index contributed by atoms with van der Waals surface area (Å²) >= 11 is 1.68. The molecule has 21 heavy (non-hydrogen) atoms. The van der Waals surface area contributed by atoms with E-state index in [0.717, 1.165) is 33.4 Å². The fraction of sp³-hybridized carbons (Fsp3) is 0.375. The Morgan fingerprint density at radius 3 is 2.76 bits per heavy atom. The molecular formula is C16H19N3OS. The normalized spacial score (nSPS) is 12.0. The molecule has 0 spiro atoms. The molecule has 4 nitrogen and oxygen atoms in total. The predicted molar refractivity (Wildman–Crippen MR) is 85.6 cm³/mol. The topological polar surface area (TPSA) is 61.9 Å². The summed E-state index contributed by atoms with van der Waals surface area (Å²) in [5.41, 5.74) is 3.48. The number of aryl methyl sites for hydroxylation is 2. The van der Waals surface area contributed by atoms with E-state index in [1.165, 1.54) is 0 Å². The van der Waals surface area contributed by atoms with E-state index in [0.29, 0.717) is 5.56 Å². The average molecular weight is 301 g/mol. The van der Waals surface area contributed by atoms with Gasteiger partial charge in [-0.2, -0.15) is 5.26 Å². The third-order valence-electron chi connectivity index (χ3n) is 3.33. The van der Waals surface area contributed by atoms with E-state index < -0.39 is 0 Å². The van der Waals surface area contributed by atoms with Crippen molar-refractivity contribution >= 4 is 17.4 Å². The highest BCUT2D eigenvalue weighted by atomic mass is 32.2. The molecule has 2 rings (SSSR count). The van der Waals surface area contributed by atoms with Gasteiger partial charge in [-0.25, -0.2) is 0 Å². The lowest BCUT2D eigenvalue weighted by molar-refractivity contribution is 0.392. The van der Waals surface area contributed by atoms with Crippen LogP contribution in [0.15, 0.2) is 27.6 Å². The fourth-order valence-electron chi connectivity index (χ4n) is 2.46. The monoisotopic (exact) mass is 301 g/mol. The van der Waals surface area contributed by atoms with Crippen LogP contribution in [0.3, 0.4) is 0 Å². The van der Waals surface area contributed by atoms with Gasteiger partial charge in [0.1, 0.15) is 11.8 Å². The Morgan fingerprint density at radius 1 is 1.43 bits per heavy atom. The van der Waals surface area contributed by atoms with Gasteiger partial charge >= 0.3 is 0 Å². The lowest BCUT2D eigenvalue weighted by Gasteiger charge is -2.17. The van der Waals surface area contributed by atoms with Crippen LogP contribution in [-0.2, 0) is 0 Å². The molecule has 0 fully saturated rings. The van der Waals surface area contributed by atoms with Gasteiger partial charge in [0.2, 0.25) is 0 Å². The first-order valence-corrected chi connectivity index (χ1v) is 7.92. The second-order valence-electron chi connectivity index (χ2n) is 4.83. The number of anilines is 1. The minimum atomic E-state index is 0.0326. The van der Waals surface area contributed by atoms with Crippen LogP contribution in [0.1, 0.15) is 42.5 Å². The maximum absolute atomic E-state index is 9.44. The first-order valence-electron chi connectivity index (χ1n) is 6.93. The van der Waals surface area contributed by atoms with E-state index in [4.69, 9.17) is 4.52 Å². The van der Waals surface area contributed by atoms with Crippen LogP contribution in [0.25, 0.3) is 0 Å². The molecule has 1 unspecified atom stereocenters. The Kier molecular flexibility index (Phi) is 4.92. The van der Waals surface area contributed by atoms with Gasteiger partial charge in [0.05, 0.1) is 23.0 Å². The number of hydrogen-bond donors (Lipinski definition) is 1. The summed E-state index contributed by atoms with van der Waals surface area (Å²) in [4.78, 5) is 1.01. The lowest BCUT2D eigenvalue weighted by Crippen LogP contribution is -2.09. The second kappa shape index (κ2) is 6.68. The fourth-order valence-corrected chi connectivity index (χ4v) is 3.24. The summed E-state index contributed by atoms with van der Waals surface area (Å²) in [6.45, 7) is 7.96. The van der Waals surface area contributed by atoms with Crippen molar-refractivity contribution in [3.05, 3.63) is 40.8 Å². The first kappa shape index (κ1) is 15.5. The zero-order valence-electron chi connectivity index (χ0n) is 12.7. The minimum absolute atomic E-state index is 0.0326. The Hall–Kier alpha value is -1.93. The third-order valence-corrected chi connectivity index (χ3v) is 4.27. The van der Waals surface area contributed by atoms with Crippen LogP contribution in [0, 0.1) is 25.2 Å². The van der Waals surface area contributed by atoms with Crippen molar-refractivity contribution in [3.8, 4) is 6.07 Å². The molecular weight excluding hydrogens is 282 g/mol. The molecule has 5 heteroatoms. The van der Waals surface area contributed by atoms with Gasteiger partial charge in [-0.1, -0.05) is 18.1 Å². The SMILES string of the molecule is CCSc1cccc(NC(C)c2c(C)noc2C)c1C#N. The molecule has 110 valence electrons. The largest absolute Gasteiger partial charge is 0.377 e. The minimum Gasteiger partial charge on any atom is -0.377 e. The molecule has 0 saturated carbocycles. The number of nitriles is 1. The number of nitrogens with zero attached hydrogens (tertiary/aromatic N) is 2. The van der Waals surface area contributed by atoms with Gasteiger partial charge < -0.3 is 9.84 Å². The molecule has 0 saturated heterocycles. The predicted octanol–water partition coefficient (Wildman–Crippen LogP) is 4.45. The van der Waals surface area contributed by atoms with Crippen molar-refractivity contribution in [1.29, 1.82) is 5.26 Å². The molecule has 1 atom stereocenters. The van der Waals surface area contributed by atoms with Crippen LogP contribution in [0.4, 0.5) is 5.69 Å². The van der Waals surface area contributed by atoms with E-state index in [2.05, 4.69) is 23.5 Å². The van der Waals surface area contributed by atoms with E-state index in [1.807, 2.05) is 39.0 Å². The zero-order chi connectivity index (χ0) is 15.4. The van der Waals surface area contributed by atoms with Crippen LogP contribution in [0.5, 0.6) is 0 Å². The summed E-state index contributed by atoms with van der Waals surface area (Å²) in [7, 11) is 0. The molecule has 0 amide bonds. The van der Waals surface area contributed by atoms with E-state index in [1.54, 1.807) is 11.8 Å². The number of aromatic nitrogens is 1. The second-order valence-corrected chi connectivity index (χ2v) is 6.13. The Morgan fingerprint density at radius 2 is 2.19 bits per heavy atom. The Balaban J connectivity index is 2.32. The van der Waals surface area contributed by atoms with Crippen molar-refractivity contribution in [2.75, 3.05) is 11.1 Å². The highest BCUT2D eigenvalue weighted by molar-refractivity contribution is 7.99. The number of nitrogens with one attached hydrogen (secondary N) is 1. The highest BCUT2D eigenvalue weighted by Gasteiger charge is 2.18. The molecule has 0 radical (unpaired) electrons. The van der Waals surface area contributed by atoms with Crippen molar-refractivity contribution in [2.24, 2.45) is 0 Å². The van der Waals surface area contributed by atoms with Crippen LogP contribution >= 0.6 is 11.8 Å². The number of thioether (sulfide) groups is 1. The number of hydrogen-bond acceptors (Lipinski definition) is 5. The van der Waals surface area contributed by atoms with Gasteiger partial charge in [-0.3, -0.25) is 0 Å². The first-order chi connectivity index (χ1) is 10.1. The lowest BCUT2D eigenvalue weighted by atomic mass is 10.1. The number of benzene rings is 1. The molecule has 1 N–H and O–H groups in total. The maximum Gasteiger partial charge on any atom is 0.139 e. The molecule has 2 aromatic rings. The van der Waals surface area contributed by atoms with Gasteiger partial charge in [0.15, 0.2) is 0 Å². The summed E-state index contributed by atoms with van der Waals surface area (Å²) < 4.78 is 5.21. The summed E-state index contributed by atoms with van der Waals surface area (Å²) in [6, 6.07) is 8.23. The molecule has 0 bridgehead atoms. The van der Waals surface area contributed by atoms with Crippen molar-refractivity contribution in [1.82, 2.24) is 5.16 Å². The van der Waals surface area contributed by atoms with Gasteiger partial charge in [0, 0.05) is 10.5 Å². The maximum atomic E-state index is 9.44. The van der Waals surface area contributed by atoms with Crippen molar-refractivity contribution in [3.63, 3.8) is 0 Å². The highest BCUT2D eigenvalue weighted by Crippen LogP contribution is 2.31. The molecule has 0 aliphatic carbocycles. The van der Waals surface area contributed by atoms with E-state index in [-0.39, 0.29) is 6.04 Å². The molecule has 0 aliphatic heterocycles. The standard InChI is InChI=1S/C16H19N3OS/c1-5-21-15-8-6-7-14(13(15)9-17)18-10(2)16-11(3)19-20-12(16)4/h6-8,10,18H,5H2,1-4H3. The molecule has 1 aromatic heterocycles. The third kappa shape index (κ3) is 3.22. The van der Waals surface area contributed by atoms with Gasteiger partial charge in [-0.15, -0.1) is 11.8 Å². The molecule has 0 aliphatic rings. The quantitative estimate of drug-likeness (QED) is 0.827. The zero-order valence-corrected chi connectivity index (χ0v) is 13.5. The van der Waals surface area contributed by atoms with Crippen LogP contribution in [0.2, 0.25) is 0 Å². The smallest absolute Gasteiger partial charge is 0.139 e. The summed E-state index contributed by atoms with van der Waals surface area (Å²) in [6.07, 6.45) is 0. The molecule has 1 heterocycles. The van der Waals surface area contributed by atoms with E-state index >= 15 is 0 Å². The van der Waals surface area contributed by atoms with Gasteiger partial charge in [0.25, 0.3) is 0 Å². The summed E-state index contributed by atoms with van der Waals surface area (Å²) in [5, 5.41) is 16.8. The van der Waals surface area contributed by atoms with Crippen LogP contribution < -0.4 is 5.32 Å². The average Bonchev–Trinajstić information content (AvgIpc) is 2.79. The molecule has 1 aromatic carbocycles. The Labute approximate surface area is 129 Å². The van der Waals surface area contributed by atoms with Crippen molar-refractivity contribution in [2.45, 2.75) is 38.6 Å².